The van der Waals surface area contributed by atoms with E-state index in [0.29, 0.717) is 19.0 Å². The van der Waals surface area contributed by atoms with Gasteiger partial charge in [-0.05, 0) is 56.3 Å². The lowest BCUT2D eigenvalue weighted by atomic mass is 9.95. The number of amides is 1. The van der Waals surface area contributed by atoms with Gasteiger partial charge < -0.3 is 10.6 Å². The second-order valence-corrected chi connectivity index (χ2v) is 6.50. The zero-order chi connectivity index (χ0) is 15.9. The normalized spacial score (nSPS) is 18.3. The number of rotatable bonds is 6. The fourth-order valence-electron chi connectivity index (χ4n) is 3.21. The van der Waals surface area contributed by atoms with Gasteiger partial charge >= 0.3 is 0 Å². The van der Waals surface area contributed by atoms with Gasteiger partial charge in [-0.15, -0.1) is 12.4 Å². The van der Waals surface area contributed by atoms with Crippen LogP contribution in [0.15, 0.2) is 24.3 Å². The fraction of sp³-hybridized carbons (Fsp3) is 0.611. The summed E-state index contributed by atoms with van der Waals surface area (Å²) in [5.74, 6) is 0.866. The van der Waals surface area contributed by atoms with Crippen molar-refractivity contribution in [2.45, 2.75) is 32.7 Å². The maximum absolute atomic E-state index is 12.5. The van der Waals surface area contributed by atoms with Crippen LogP contribution in [-0.4, -0.2) is 48.9 Å². The molecule has 2 N–H and O–H groups in total. The van der Waals surface area contributed by atoms with E-state index in [1.165, 1.54) is 24.0 Å². The first-order valence-electron chi connectivity index (χ1n) is 8.31. The average molecular weight is 340 g/mol. The molecule has 1 aliphatic heterocycles. The molecule has 0 bridgehead atoms. The molecule has 1 saturated heterocycles. The Bertz CT molecular complexity index is 493. The molecule has 1 atom stereocenters. The first-order valence-corrected chi connectivity index (χ1v) is 8.31. The van der Waals surface area contributed by atoms with Crippen molar-refractivity contribution in [2.24, 2.45) is 11.7 Å². The number of aryl methyl sites for hydroxylation is 1. The molecular formula is C18H30ClN3O. The van der Waals surface area contributed by atoms with Crippen LogP contribution in [0.3, 0.4) is 0 Å². The van der Waals surface area contributed by atoms with Gasteiger partial charge in [0.25, 0.3) is 0 Å². The van der Waals surface area contributed by atoms with Gasteiger partial charge in [-0.2, -0.15) is 0 Å². The summed E-state index contributed by atoms with van der Waals surface area (Å²) >= 11 is 0. The first kappa shape index (κ1) is 19.9. The lowest BCUT2D eigenvalue weighted by Gasteiger charge is -2.33. The molecule has 4 nitrogen and oxygen atoms in total. The molecule has 0 saturated carbocycles. The number of halogens is 1. The third-order valence-corrected chi connectivity index (χ3v) is 4.63. The molecule has 1 unspecified atom stereocenters. The smallest absolute Gasteiger partial charge is 0.236 e. The quantitative estimate of drug-likeness (QED) is 0.866. The minimum absolute atomic E-state index is 0. The number of nitrogens with zero attached hydrogens (tertiary/aromatic N) is 2. The van der Waals surface area contributed by atoms with E-state index < -0.39 is 0 Å². The Morgan fingerprint density at radius 3 is 2.83 bits per heavy atom. The second kappa shape index (κ2) is 9.91. The third-order valence-electron chi connectivity index (χ3n) is 4.63. The zero-order valence-corrected chi connectivity index (χ0v) is 15.1. The lowest BCUT2D eigenvalue weighted by Crippen LogP contribution is -2.43. The topological polar surface area (TPSA) is 49.6 Å². The maximum Gasteiger partial charge on any atom is 0.236 e. The van der Waals surface area contributed by atoms with E-state index in [2.05, 4.69) is 24.0 Å². The Balaban J connectivity index is 0.00000264. The molecule has 2 rings (SSSR count). The van der Waals surface area contributed by atoms with Crippen LogP contribution in [0.2, 0.25) is 0 Å². The van der Waals surface area contributed by atoms with Crippen molar-refractivity contribution in [1.82, 2.24) is 9.80 Å². The number of benzene rings is 1. The fourth-order valence-corrected chi connectivity index (χ4v) is 3.21. The summed E-state index contributed by atoms with van der Waals surface area (Å²) in [5.41, 5.74) is 8.12. The van der Waals surface area contributed by atoms with E-state index in [1.54, 1.807) is 0 Å². The molecule has 0 radical (unpaired) electrons. The van der Waals surface area contributed by atoms with Gasteiger partial charge in [-0.25, -0.2) is 0 Å². The van der Waals surface area contributed by atoms with E-state index >= 15 is 0 Å². The average Bonchev–Trinajstić information content (AvgIpc) is 2.50. The van der Waals surface area contributed by atoms with Crippen LogP contribution in [0.1, 0.15) is 30.4 Å². The van der Waals surface area contributed by atoms with E-state index in [0.717, 1.165) is 26.1 Å². The van der Waals surface area contributed by atoms with Crippen molar-refractivity contribution in [3.63, 3.8) is 0 Å². The summed E-state index contributed by atoms with van der Waals surface area (Å²) in [6.45, 7) is 6.11. The summed E-state index contributed by atoms with van der Waals surface area (Å²) in [4.78, 5) is 16.6. The molecule has 130 valence electrons. The molecule has 1 amide bonds. The highest BCUT2D eigenvalue weighted by atomic mass is 35.5. The first-order chi connectivity index (χ1) is 10.6. The minimum Gasteiger partial charge on any atom is -0.340 e. The van der Waals surface area contributed by atoms with Gasteiger partial charge in [0.2, 0.25) is 5.91 Å². The molecule has 0 aliphatic carbocycles. The molecular weight excluding hydrogens is 310 g/mol. The molecule has 23 heavy (non-hydrogen) atoms. The Labute approximate surface area is 146 Å². The third kappa shape index (κ3) is 6.13. The largest absolute Gasteiger partial charge is 0.340 e. The van der Waals surface area contributed by atoms with Gasteiger partial charge in [0, 0.05) is 20.1 Å². The molecule has 0 aromatic heterocycles. The van der Waals surface area contributed by atoms with Crippen molar-refractivity contribution in [1.29, 1.82) is 0 Å². The van der Waals surface area contributed by atoms with E-state index in [-0.39, 0.29) is 18.3 Å². The molecule has 5 heteroatoms. The van der Waals surface area contributed by atoms with E-state index in [4.69, 9.17) is 5.73 Å². The molecule has 1 aliphatic rings. The molecule has 0 spiro atoms. The van der Waals surface area contributed by atoms with Crippen LogP contribution < -0.4 is 5.73 Å². The molecule has 1 aromatic carbocycles. The summed E-state index contributed by atoms with van der Waals surface area (Å²) in [6.07, 6.45) is 3.50. The van der Waals surface area contributed by atoms with Crippen LogP contribution in [0.5, 0.6) is 0 Å². The number of hydrogen-bond donors (Lipinski definition) is 1. The van der Waals surface area contributed by atoms with Crippen molar-refractivity contribution in [2.75, 3.05) is 33.2 Å². The molecule has 1 heterocycles. The standard InChI is InChI=1S/C18H29N3O.ClH/c1-15-6-3-4-8-17(15)13-20(2)18(22)14-21-11-5-7-16(12-21)9-10-19;/h3-4,6,8,16H,5,7,9-14,19H2,1-2H3;1H. The van der Waals surface area contributed by atoms with Crippen LogP contribution in [0.4, 0.5) is 0 Å². The summed E-state index contributed by atoms with van der Waals surface area (Å²) < 4.78 is 0. The van der Waals surface area contributed by atoms with Gasteiger partial charge in [0.1, 0.15) is 0 Å². The van der Waals surface area contributed by atoms with E-state index in [9.17, 15) is 4.79 Å². The van der Waals surface area contributed by atoms with Crippen LogP contribution in [0, 0.1) is 12.8 Å². The Morgan fingerprint density at radius 2 is 2.13 bits per heavy atom. The van der Waals surface area contributed by atoms with Crippen LogP contribution in [0.25, 0.3) is 0 Å². The Morgan fingerprint density at radius 1 is 1.39 bits per heavy atom. The highest BCUT2D eigenvalue weighted by Crippen LogP contribution is 2.19. The minimum atomic E-state index is 0. The van der Waals surface area contributed by atoms with Gasteiger partial charge in [0.15, 0.2) is 0 Å². The van der Waals surface area contributed by atoms with Crippen LogP contribution >= 0.6 is 12.4 Å². The van der Waals surface area contributed by atoms with Gasteiger partial charge in [-0.1, -0.05) is 24.3 Å². The van der Waals surface area contributed by atoms with Gasteiger partial charge in [-0.3, -0.25) is 9.69 Å². The number of hydrogen-bond acceptors (Lipinski definition) is 3. The predicted octanol–water partition coefficient (Wildman–Crippen LogP) is 2.44. The van der Waals surface area contributed by atoms with Gasteiger partial charge in [0.05, 0.1) is 6.54 Å². The SMILES string of the molecule is Cc1ccccc1CN(C)C(=O)CN1CCCC(CCN)C1.Cl. The maximum atomic E-state index is 12.5. The van der Waals surface area contributed by atoms with Crippen molar-refractivity contribution >= 4 is 18.3 Å². The highest BCUT2D eigenvalue weighted by Gasteiger charge is 2.22. The Kier molecular flexibility index (Phi) is 8.59. The second-order valence-electron chi connectivity index (χ2n) is 6.50. The van der Waals surface area contributed by atoms with E-state index in [1.807, 2.05) is 24.1 Å². The summed E-state index contributed by atoms with van der Waals surface area (Å²) in [7, 11) is 1.90. The van der Waals surface area contributed by atoms with Crippen molar-refractivity contribution in [3.8, 4) is 0 Å². The number of piperidine rings is 1. The summed E-state index contributed by atoms with van der Waals surface area (Å²) in [6, 6.07) is 8.25. The highest BCUT2D eigenvalue weighted by molar-refractivity contribution is 5.85. The number of nitrogens with two attached hydrogens (primary N) is 1. The number of carbonyl (C=O) groups is 1. The lowest BCUT2D eigenvalue weighted by molar-refractivity contribution is -0.132. The molecule has 1 fully saturated rings. The zero-order valence-electron chi connectivity index (χ0n) is 14.3. The Hall–Kier alpha value is -1.10. The van der Waals surface area contributed by atoms with Crippen molar-refractivity contribution in [3.05, 3.63) is 35.4 Å². The van der Waals surface area contributed by atoms with Crippen molar-refractivity contribution < 1.29 is 4.79 Å². The van der Waals surface area contributed by atoms with Crippen LogP contribution in [-0.2, 0) is 11.3 Å². The number of carbonyl (C=O) groups excluding carboxylic acids is 1. The molecule has 1 aromatic rings. The number of likely N-dealkylation sites (tertiary alicyclic amines) is 1. The number of likely N-dealkylation sites (N-methyl/N-ethyl adjacent to an activating group) is 1. The monoisotopic (exact) mass is 339 g/mol. The predicted molar refractivity (Wildman–Crippen MR) is 97.7 cm³/mol. The summed E-state index contributed by atoms with van der Waals surface area (Å²) in [5, 5.41) is 0.